The summed E-state index contributed by atoms with van der Waals surface area (Å²) in [4.78, 5) is 0. The smallest absolute Gasteiger partial charge is 0.661 e. The zero-order chi connectivity index (χ0) is 12.7. The molecule has 138 valence electrons. The molecule has 0 aromatic heterocycles. The summed E-state index contributed by atoms with van der Waals surface area (Å²) in [6.07, 6.45) is 7.97. The molecule has 2 aliphatic heterocycles. The molecule has 0 aromatic carbocycles. The van der Waals surface area contributed by atoms with Gasteiger partial charge in [-0.3, -0.25) is 9.11 Å². The topological polar surface area (TPSA) is 200 Å². The van der Waals surface area contributed by atoms with Gasteiger partial charge in [-0.25, -0.2) is 0 Å². The van der Waals surface area contributed by atoms with Gasteiger partial charge in [0.1, 0.15) is 0 Å². The zero-order valence-corrected chi connectivity index (χ0v) is 15.4. The third-order valence-corrected chi connectivity index (χ3v) is 2.99. The van der Waals surface area contributed by atoms with Crippen LogP contribution in [0.1, 0.15) is 38.5 Å². The Bertz CT molecular complexity index is 286. The Labute approximate surface area is 152 Å². The minimum atomic E-state index is -4.67. The van der Waals surface area contributed by atoms with Crippen molar-refractivity contribution < 1.29 is 68.1 Å². The molecular formula is C10H28Mn2N2O7S+2. The van der Waals surface area contributed by atoms with E-state index in [1.54, 1.807) is 0 Å². The van der Waals surface area contributed by atoms with Crippen molar-refractivity contribution in [3.8, 4) is 0 Å². The van der Waals surface area contributed by atoms with E-state index in [9.17, 15) is 0 Å². The first-order valence-corrected chi connectivity index (χ1v) is 7.39. The standard InChI is InChI=1S/C10H18N2.2Mn.H2O4S.3H2O/c1-3-7-11-9(5-1)10-6-2-4-8-12-10;;;1-5(2,3)4;;;/h9-10H,1-8H2;;;(H2,1,2,3,4);3*1H2/q-2;;+2;;;;/p+2. The summed E-state index contributed by atoms with van der Waals surface area (Å²) < 4.78 is 31.6. The molecule has 0 aromatic rings. The fourth-order valence-electron chi connectivity index (χ4n) is 2.26. The molecule has 0 bridgehead atoms. The molecule has 0 spiro atoms. The predicted octanol–water partition coefficient (Wildman–Crippen LogP) is -0.487. The Hall–Kier alpha value is 0.709. The van der Waals surface area contributed by atoms with Gasteiger partial charge >= 0.3 is 27.5 Å². The van der Waals surface area contributed by atoms with Crippen molar-refractivity contribution in [2.75, 3.05) is 13.1 Å². The molecule has 2 saturated heterocycles. The van der Waals surface area contributed by atoms with Crippen LogP contribution in [0.2, 0.25) is 0 Å². The Morgan fingerprint density at radius 2 is 1.09 bits per heavy atom. The molecule has 10 N–H and O–H groups in total. The van der Waals surface area contributed by atoms with Crippen LogP contribution in [0.3, 0.4) is 0 Å². The summed E-state index contributed by atoms with van der Waals surface area (Å²) >= 11 is 0. The average molecular weight is 430 g/mol. The van der Waals surface area contributed by atoms with Gasteiger partial charge in [0.2, 0.25) is 0 Å². The van der Waals surface area contributed by atoms with Gasteiger partial charge in [0, 0.05) is 17.1 Å². The molecule has 2 radical (unpaired) electrons. The normalized spacial score (nSPS) is 23.4. The molecule has 2 fully saturated rings. The molecule has 2 rings (SSSR count). The van der Waals surface area contributed by atoms with Gasteiger partial charge < -0.3 is 27.1 Å². The van der Waals surface area contributed by atoms with E-state index in [0.29, 0.717) is 12.1 Å². The van der Waals surface area contributed by atoms with Crippen LogP contribution in [0.25, 0.3) is 10.6 Å². The third kappa shape index (κ3) is 18.8. The summed E-state index contributed by atoms with van der Waals surface area (Å²) in [5.41, 5.74) is 0. The first kappa shape index (κ1) is 34.1. The second kappa shape index (κ2) is 18.1. The van der Waals surface area contributed by atoms with E-state index in [2.05, 4.69) is 10.6 Å². The number of piperidine rings is 2. The Kier molecular flexibility index (Phi) is 28.0. The van der Waals surface area contributed by atoms with Gasteiger partial charge in [0.05, 0.1) is 0 Å². The summed E-state index contributed by atoms with van der Waals surface area (Å²) in [5, 5.41) is 9.32. The molecule has 2 heterocycles. The van der Waals surface area contributed by atoms with Crippen LogP contribution in [0.5, 0.6) is 0 Å². The third-order valence-electron chi connectivity index (χ3n) is 2.99. The van der Waals surface area contributed by atoms with Gasteiger partial charge in [-0.15, -0.1) is 13.1 Å². The summed E-state index contributed by atoms with van der Waals surface area (Å²) in [6.45, 7) is 2.19. The molecule has 0 amide bonds. The molecule has 22 heavy (non-hydrogen) atoms. The first-order chi connectivity index (χ1) is 7.97. The average Bonchev–Trinajstić information content (AvgIpc) is 2.29. The molecule has 12 heteroatoms. The van der Waals surface area contributed by atoms with E-state index in [1.807, 2.05) is 0 Å². The van der Waals surface area contributed by atoms with E-state index in [-0.39, 0.29) is 50.6 Å². The summed E-state index contributed by atoms with van der Waals surface area (Å²) in [6, 6.07) is 1.19. The fraction of sp³-hybridized carbons (Fsp3) is 1.00. The molecule has 0 saturated carbocycles. The van der Waals surface area contributed by atoms with E-state index in [4.69, 9.17) is 17.5 Å². The Morgan fingerprint density at radius 3 is 1.27 bits per heavy atom. The molecule has 2 unspecified atom stereocenters. The summed E-state index contributed by atoms with van der Waals surface area (Å²) in [5.74, 6) is 0. The Balaban J connectivity index is -0.0000000870. The number of hydrogen-bond donors (Lipinski definition) is 2. The molecule has 9 nitrogen and oxygen atoms in total. The maximum absolute atomic E-state index is 8.74. The van der Waals surface area contributed by atoms with Crippen LogP contribution in [-0.4, -0.2) is 48.2 Å². The Morgan fingerprint density at radius 1 is 0.818 bits per heavy atom. The SMILES string of the molecule is C1CCC(C2CCCC[N-]2)[N-]C1.O.O=S(=O)(O)O.[Mn+2].[Mn].[OH3+].[OH3+]. The van der Waals surface area contributed by atoms with Gasteiger partial charge in [0.15, 0.2) is 0 Å². The van der Waals surface area contributed by atoms with Crippen molar-refractivity contribution in [1.29, 1.82) is 0 Å². The van der Waals surface area contributed by atoms with Crippen molar-refractivity contribution in [2.24, 2.45) is 0 Å². The van der Waals surface area contributed by atoms with Gasteiger partial charge in [-0.1, -0.05) is 38.5 Å². The van der Waals surface area contributed by atoms with Crippen molar-refractivity contribution in [1.82, 2.24) is 0 Å². The molecule has 2 aliphatic rings. The van der Waals surface area contributed by atoms with E-state index < -0.39 is 10.4 Å². The van der Waals surface area contributed by atoms with Gasteiger partial charge in [-0.05, 0) is 0 Å². The fourth-order valence-corrected chi connectivity index (χ4v) is 2.26. The number of rotatable bonds is 1. The largest absolute Gasteiger partial charge is 2.00 e. The minimum Gasteiger partial charge on any atom is -0.661 e. The van der Waals surface area contributed by atoms with Gasteiger partial charge in [-0.2, -0.15) is 20.5 Å². The van der Waals surface area contributed by atoms with Crippen molar-refractivity contribution in [3.63, 3.8) is 0 Å². The van der Waals surface area contributed by atoms with E-state index in [1.165, 1.54) is 38.5 Å². The van der Waals surface area contributed by atoms with Crippen LogP contribution < -0.4 is 0 Å². The van der Waals surface area contributed by atoms with Crippen LogP contribution in [0, 0.1) is 0 Å². The second-order valence-corrected chi connectivity index (χ2v) is 5.28. The van der Waals surface area contributed by atoms with Crippen molar-refractivity contribution in [3.05, 3.63) is 10.6 Å². The maximum Gasteiger partial charge on any atom is 2.00 e. The van der Waals surface area contributed by atoms with Crippen molar-refractivity contribution in [2.45, 2.75) is 50.6 Å². The van der Waals surface area contributed by atoms with Crippen LogP contribution in [-0.2, 0) is 55.5 Å². The van der Waals surface area contributed by atoms with Crippen LogP contribution in [0.15, 0.2) is 0 Å². The molecule has 2 atom stereocenters. The van der Waals surface area contributed by atoms with Crippen molar-refractivity contribution >= 4 is 10.4 Å². The molecule has 0 aliphatic carbocycles. The minimum absolute atomic E-state index is 0. The molecular weight excluding hydrogens is 402 g/mol. The van der Waals surface area contributed by atoms with Gasteiger partial charge in [0.25, 0.3) is 0 Å². The second-order valence-electron chi connectivity index (χ2n) is 4.39. The van der Waals surface area contributed by atoms with E-state index >= 15 is 0 Å². The first-order valence-electron chi connectivity index (χ1n) is 6.00. The number of nitrogens with zero attached hydrogens (tertiary/aromatic N) is 2. The quantitative estimate of drug-likeness (QED) is 0.321. The zero-order valence-electron chi connectivity index (χ0n) is 12.2. The number of hydrogen-bond acceptors (Lipinski definition) is 2. The van der Waals surface area contributed by atoms with E-state index in [0.717, 1.165) is 13.1 Å². The summed E-state index contributed by atoms with van der Waals surface area (Å²) in [7, 11) is -4.67. The monoisotopic (exact) mass is 430 g/mol. The van der Waals surface area contributed by atoms with Crippen LogP contribution in [0.4, 0.5) is 0 Å². The predicted molar refractivity (Wildman–Crippen MR) is 79.3 cm³/mol. The van der Waals surface area contributed by atoms with Crippen LogP contribution >= 0.6 is 0 Å². The maximum atomic E-state index is 8.74.